The summed E-state index contributed by atoms with van der Waals surface area (Å²) in [5.74, 6) is -1.65. The number of amides is 1. The fourth-order valence-electron chi connectivity index (χ4n) is 2.17. The van der Waals surface area contributed by atoms with Crippen LogP contribution in [0.5, 0.6) is 5.75 Å². The predicted octanol–water partition coefficient (Wildman–Crippen LogP) is 2.99. The molecule has 2 N–H and O–H groups in total. The molecule has 0 saturated carbocycles. The molecule has 128 valence electrons. The number of carbonyl (C=O) groups is 2. The maximum atomic E-state index is 12.8. The summed E-state index contributed by atoms with van der Waals surface area (Å²) in [6, 6.07) is 5.07. The van der Waals surface area contributed by atoms with E-state index in [0.29, 0.717) is 6.42 Å². The van der Waals surface area contributed by atoms with Gasteiger partial charge in [-0.3, -0.25) is 4.79 Å². The molecule has 1 aromatic rings. The van der Waals surface area contributed by atoms with Gasteiger partial charge in [0.2, 0.25) is 12.0 Å². The number of carboxylic acid groups (broad SMARTS) is 1. The van der Waals surface area contributed by atoms with E-state index in [1.165, 1.54) is 24.3 Å². The molecule has 1 rings (SSSR count). The molecule has 0 fully saturated rings. The largest absolute Gasteiger partial charge is 0.478 e. The van der Waals surface area contributed by atoms with Crippen molar-refractivity contribution in [3.05, 3.63) is 30.1 Å². The van der Waals surface area contributed by atoms with Crippen LogP contribution in [-0.4, -0.2) is 29.6 Å². The summed E-state index contributed by atoms with van der Waals surface area (Å²) in [4.78, 5) is 23.3. The third kappa shape index (κ3) is 6.67. The van der Waals surface area contributed by atoms with Crippen molar-refractivity contribution < 1.29 is 23.8 Å². The van der Waals surface area contributed by atoms with Crippen LogP contribution in [-0.2, 0) is 9.59 Å². The molecular weight excluding hydrogens is 301 g/mol. The van der Waals surface area contributed by atoms with E-state index in [2.05, 4.69) is 12.2 Å². The molecule has 0 bridgehead atoms. The van der Waals surface area contributed by atoms with Gasteiger partial charge in [-0.2, -0.15) is 0 Å². The lowest BCUT2D eigenvalue weighted by Crippen LogP contribution is -2.42. The molecule has 23 heavy (non-hydrogen) atoms. The molecule has 0 aliphatic carbocycles. The van der Waals surface area contributed by atoms with Crippen LogP contribution in [0.4, 0.5) is 4.39 Å². The van der Waals surface area contributed by atoms with Crippen molar-refractivity contribution in [2.75, 3.05) is 6.54 Å². The van der Waals surface area contributed by atoms with E-state index in [-0.39, 0.29) is 24.1 Å². The molecule has 6 heteroatoms. The topological polar surface area (TPSA) is 75.6 Å². The van der Waals surface area contributed by atoms with Gasteiger partial charge in [0, 0.05) is 5.92 Å². The van der Waals surface area contributed by atoms with Crippen molar-refractivity contribution >= 4 is 11.9 Å². The first-order valence-electron chi connectivity index (χ1n) is 7.90. The van der Waals surface area contributed by atoms with Gasteiger partial charge < -0.3 is 15.2 Å². The number of halogens is 1. The fourth-order valence-corrected chi connectivity index (χ4v) is 2.17. The second kappa shape index (κ2) is 9.82. The van der Waals surface area contributed by atoms with Crippen molar-refractivity contribution in [1.29, 1.82) is 0 Å². The minimum Gasteiger partial charge on any atom is -0.478 e. The minimum atomic E-state index is -1.21. The number of carboxylic acids is 1. The number of ether oxygens (including phenoxy) is 1. The highest BCUT2D eigenvalue weighted by molar-refractivity contribution is 5.80. The molecule has 0 heterocycles. The summed E-state index contributed by atoms with van der Waals surface area (Å²) in [6.07, 6.45) is 2.25. The SMILES string of the molecule is CCCCC(CC)C(=O)NCC(Oc1ccc(F)cc1)C(=O)O. The highest BCUT2D eigenvalue weighted by Gasteiger charge is 2.23. The molecule has 0 radical (unpaired) electrons. The van der Waals surface area contributed by atoms with Gasteiger partial charge >= 0.3 is 5.97 Å². The van der Waals surface area contributed by atoms with Gasteiger partial charge in [0.15, 0.2) is 0 Å². The highest BCUT2D eigenvalue weighted by Crippen LogP contribution is 2.14. The highest BCUT2D eigenvalue weighted by atomic mass is 19.1. The van der Waals surface area contributed by atoms with Gasteiger partial charge in [-0.1, -0.05) is 26.7 Å². The van der Waals surface area contributed by atoms with Gasteiger partial charge in [-0.05, 0) is 37.1 Å². The lowest BCUT2D eigenvalue weighted by Gasteiger charge is -2.18. The van der Waals surface area contributed by atoms with Crippen LogP contribution in [0.3, 0.4) is 0 Å². The summed E-state index contributed by atoms with van der Waals surface area (Å²) < 4.78 is 18.1. The maximum Gasteiger partial charge on any atom is 0.346 e. The molecule has 0 saturated heterocycles. The first-order valence-corrected chi connectivity index (χ1v) is 7.90. The van der Waals surface area contributed by atoms with E-state index in [1.807, 2.05) is 6.92 Å². The lowest BCUT2D eigenvalue weighted by molar-refractivity contribution is -0.145. The average molecular weight is 325 g/mol. The summed E-state index contributed by atoms with van der Waals surface area (Å²) in [5, 5.41) is 11.8. The zero-order valence-corrected chi connectivity index (χ0v) is 13.5. The van der Waals surface area contributed by atoms with Crippen LogP contribution >= 0.6 is 0 Å². The Labute approximate surface area is 135 Å². The number of carbonyl (C=O) groups excluding carboxylic acids is 1. The number of unbranched alkanes of at least 4 members (excludes halogenated alkanes) is 1. The van der Waals surface area contributed by atoms with Crippen LogP contribution in [0.15, 0.2) is 24.3 Å². The molecule has 0 aliphatic heterocycles. The predicted molar refractivity (Wildman–Crippen MR) is 84.8 cm³/mol. The Bertz CT molecular complexity index is 504. The Morgan fingerprint density at radius 3 is 2.43 bits per heavy atom. The number of hydrogen-bond acceptors (Lipinski definition) is 3. The number of benzene rings is 1. The number of rotatable bonds is 10. The van der Waals surface area contributed by atoms with Gasteiger partial charge in [-0.25, -0.2) is 9.18 Å². The molecule has 5 nitrogen and oxygen atoms in total. The normalized spacial score (nSPS) is 13.2. The zero-order valence-electron chi connectivity index (χ0n) is 13.5. The number of hydrogen-bond donors (Lipinski definition) is 2. The Hall–Kier alpha value is -2.11. The second-order valence-electron chi connectivity index (χ2n) is 5.39. The van der Waals surface area contributed by atoms with Gasteiger partial charge in [0.25, 0.3) is 0 Å². The lowest BCUT2D eigenvalue weighted by atomic mass is 9.98. The molecule has 2 atom stereocenters. The van der Waals surface area contributed by atoms with Crippen LogP contribution in [0.1, 0.15) is 39.5 Å². The maximum absolute atomic E-state index is 12.8. The number of nitrogens with one attached hydrogen (secondary N) is 1. The second-order valence-corrected chi connectivity index (χ2v) is 5.39. The molecule has 1 amide bonds. The van der Waals surface area contributed by atoms with Crippen molar-refractivity contribution in [2.45, 2.75) is 45.6 Å². The Kier molecular flexibility index (Phi) is 8.08. The summed E-state index contributed by atoms with van der Waals surface area (Å²) in [5.41, 5.74) is 0. The van der Waals surface area contributed by atoms with Crippen LogP contribution < -0.4 is 10.1 Å². The Morgan fingerprint density at radius 1 is 1.26 bits per heavy atom. The quantitative estimate of drug-likeness (QED) is 0.693. The summed E-state index contributed by atoms with van der Waals surface area (Å²) in [6.45, 7) is 3.86. The Morgan fingerprint density at radius 2 is 1.91 bits per heavy atom. The molecule has 0 aliphatic rings. The van der Waals surface area contributed by atoms with E-state index in [9.17, 15) is 19.1 Å². The van der Waals surface area contributed by atoms with Crippen molar-refractivity contribution in [2.24, 2.45) is 5.92 Å². The van der Waals surface area contributed by atoms with Crippen LogP contribution in [0, 0.1) is 11.7 Å². The van der Waals surface area contributed by atoms with E-state index in [0.717, 1.165) is 19.3 Å². The average Bonchev–Trinajstić information content (AvgIpc) is 2.53. The zero-order chi connectivity index (χ0) is 17.2. The van der Waals surface area contributed by atoms with Crippen molar-refractivity contribution in [1.82, 2.24) is 5.32 Å². The fraction of sp³-hybridized carbons (Fsp3) is 0.529. The van der Waals surface area contributed by atoms with Crippen molar-refractivity contribution in [3.63, 3.8) is 0 Å². The van der Waals surface area contributed by atoms with Crippen LogP contribution in [0.2, 0.25) is 0 Å². The van der Waals surface area contributed by atoms with Gasteiger partial charge in [-0.15, -0.1) is 0 Å². The number of aliphatic carboxylic acids is 1. The van der Waals surface area contributed by atoms with E-state index >= 15 is 0 Å². The van der Waals surface area contributed by atoms with E-state index in [1.54, 1.807) is 0 Å². The third-order valence-corrected chi connectivity index (χ3v) is 3.60. The van der Waals surface area contributed by atoms with E-state index in [4.69, 9.17) is 4.74 Å². The summed E-state index contributed by atoms with van der Waals surface area (Å²) >= 11 is 0. The molecule has 2 unspecified atom stereocenters. The third-order valence-electron chi connectivity index (χ3n) is 3.60. The standard InChI is InChI=1S/C17H24FNO4/c1-3-5-6-12(4-2)16(20)19-11-15(17(21)22)23-14-9-7-13(18)8-10-14/h7-10,12,15H,3-6,11H2,1-2H3,(H,19,20)(H,21,22). The summed E-state index contributed by atoms with van der Waals surface area (Å²) in [7, 11) is 0. The van der Waals surface area contributed by atoms with Crippen LogP contribution in [0.25, 0.3) is 0 Å². The van der Waals surface area contributed by atoms with Gasteiger partial charge in [0.05, 0.1) is 6.54 Å². The smallest absolute Gasteiger partial charge is 0.346 e. The van der Waals surface area contributed by atoms with E-state index < -0.39 is 17.9 Å². The molecule has 0 aromatic heterocycles. The van der Waals surface area contributed by atoms with Crippen molar-refractivity contribution in [3.8, 4) is 5.75 Å². The monoisotopic (exact) mass is 325 g/mol. The minimum absolute atomic E-state index is 0.116. The van der Waals surface area contributed by atoms with Gasteiger partial charge in [0.1, 0.15) is 11.6 Å². The molecule has 0 spiro atoms. The first kappa shape index (κ1) is 18.9. The molecule has 1 aromatic carbocycles. The Balaban J connectivity index is 2.57. The molecular formula is C17H24FNO4. The first-order chi connectivity index (χ1) is 11.0.